The maximum absolute atomic E-state index is 11.8. The first-order valence-corrected chi connectivity index (χ1v) is 8.18. The van der Waals surface area contributed by atoms with Gasteiger partial charge in [-0.15, -0.1) is 0 Å². The van der Waals surface area contributed by atoms with E-state index in [0.717, 1.165) is 18.0 Å². The molecular weight excluding hydrogens is 304 g/mol. The van der Waals surface area contributed by atoms with Crippen molar-refractivity contribution in [3.8, 4) is 5.75 Å². The summed E-state index contributed by atoms with van der Waals surface area (Å²) in [6, 6.07) is 13.6. The van der Waals surface area contributed by atoms with Crippen LogP contribution in [-0.2, 0) is 6.42 Å². The van der Waals surface area contributed by atoms with Crippen molar-refractivity contribution in [1.82, 2.24) is 15.6 Å². The summed E-state index contributed by atoms with van der Waals surface area (Å²) in [5.74, 6) is 2.06. The van der Waals surface area contributed by atoms with Gasteiger partial charge in [-0.1, -0.05) is 24.3 Å². The van der Waals surface area contributed by atoms with Crippen molar-refractivity contribution in [1.29, 1.82) is 0 Å². The minimum atomic E-state index is -0.156. The highest BCUT2D eigenvalue weighted by Gasteiger charge is 2.19. The first kappa shape index (κ1) is 16.1. The number of para-hydroxylation sites is 1. The molecule has 2 aromatic rings. The predicted molar refractivity (Wildman–Crippen MR) is 93.3 cm³/mol. The molecule has 0 radical (unpaired) electrons. The van der Waals surface area contributed by atoms with Gasteiger partial charge in [0.1, 0.15) is 11.6 Å². The second-order valence-electron chi connectivity index (χ2n) is 5.77. The van der Waals surface area contributed by atoms with Crippen LogP contribution < -0.4 is 20.7 Å². The molecule has 0 saturated heterocycles. The third kappa shape index (κ3) is 4.62. The van der Waals surface area contributed by atoms with Crippen LogP contribution in [-0.4, -0.2) is 37.3 Å². The lowest BCUT2D eigenvalue weighted by atomic mass is 9.97. The lowest BCUT2D eigenvalue weighted by Gasteiger charge is -2.25. The SMILES string of the molecule is O=C(NCCNc1ccccn1)NC[C@H]1COc2ccccc2C1. The Kier molecular flexibility index (Phi) is 5.50. The van der Waals surface area contributed by atoms with Gasteiger partial charge in [-0.3, -0.25) is 0 Å². The summed E-state index contributed by atoms with van der Waals surface area (Å²) in [7, 11) is 0. The highest BCUT2D eigenvalue weighted by molar-refractivity contribution is 5.73. The van der Waals surface area contributed by atoms with Gasteiger partial charge in [-0.05, 0) is 30.2 Å². The zero-order valence-electron chi connectivity index (χ0n) is 13.5. The van der Waals surface area contributed by atoms with Gasteiger partial charge in [-0.2, -0.15) is 0 Å². The number of nitrogens with zero attached hydrogens (tertiary/aromatic N) is 1. The molecule has 6 nitrogen and oxygen atoms in total. The molecule has 1 aliphatic heterocycles. The molecule has 3 rings (SSSR count). The number of urea groups is 1. The summed E-state index contributed by atoms with van der Waals surface area (Å²) in [4.78, 5) is 16.0. The molecule has 126 valence electrons. The van der Waals surface area contributed by atoms with E-state index in [1.165, 1.54) is 5.56 Å². The molecule has 0 unspecified atom stereocenters. The number of rotatable bonds is 6. The number of carbonyl (C=O) groups is 1. The van der Waals surface area contributed by atoms with Crippen LogP contribution in [0.5, 0.6) is 5.75 Å². The number of hydrogen-bond donors (Lipinski definition) is 3. The van der Waals surface area contributed by atoms with Crippen molar-refractivity contribution in [3.63, 3.8) is 0 Å². The maximum Gasteiger partial charge on any atom is 0.314 e. The van der Waals surface area contributed by atoms with E-state index in [1.54, 1.807) is 6.20 Å². The molecule has 24 heavy (non-hydrogen) atoms. The molecule has 0 saturated carbocycles. The topological polar surface area (TPSA) is 75.3 Å². The minimum absolute atomic E-state index is 0.156. The molecule has 2 heterocycles. The molecule has 2 amide bonds. The minimum Gasteiger partial charge on any atom is -0.493 e. The van der Waals surface area contributed by atoms with Crippen molar-refractivity contribution in [2.75, 3.05) is 31.6 Å². The molecule has 0 spiro atoms. The fourth-order valence-electron chi connectivity index (χ4n) is 2.66. The molecule has 1 aliphatic rings. The summed E-state index contributed by atoms with van der Waals surface area (Å²) in [5.41, 5.74) is 1.20. The third-order valence-electron chi connectivity index (χ3n) is 3.89. The number of aromatic nitrogens is 1. The molecule has 0 aliphatic carbocycles. The number of fused-ring (bicyclic) bond motifs is 1. The highest BCUT2D eigenvalue weighted by atomic mass is 16.5. The Morgan fingerprint density at radius 3 is 2.88 bits per heavy atom. The summed E-state index contributed by atoms with van der Waals surface area (Å²) < 4.78 is 5.73. The van der Waals surface area contributed by atoms with E-state index in [9.17, 15) is 4.79 Å². The Morgan fingerprint density at radius 1 is 1.12 bits per heavy atom. The van der Waals surface area contributed by atoms with Gasteiger partial charge in [0.2, 0.25) is 0 Å². The lowest BCUT2D eigenvalue weighted by molar-refractivity contribution is 0.211. The van der Waals surface area contributed by atoms with E-state index in [4.69, 9.17) is 4.74 Å². The molecular formula is C18H22N4O2. The number of anilines is 1. The van der Waals surface area contributed by atoms with E-state index < -0.39 is 0 Å². The number of nitrogens with one attached hydrogen (secondary N) is 3. The summed E-state index contributed by atoms with van der Waals surface area (Å²) in [6.07, 6.45) is 2.66. The lowest BCUT2D eigenvalue weighted by Crippen LogP contribution is -2.42. The van der Waals surface area contributed by atoms with Gasteiger partial charge in [0.25, 0.3) is 0 Å². The second kappa shape index (κ2) is 8.19. The quantitative estimate of drug-likeness (QED) is 0.710. The van der Waals surface area contributed by atoms with E-state index in [-0.39, 0.29) is 6.03 Å². The maximum atomic E-state index is 11.8. The van der Waals surface area contributed by atoms with Crippen molar-refractivity contribution in [3.05, 3.63) is 54.2 Å². The van der Waals surface area contributed by atoms with Crippen LogP contribution in [0.25, 0.3) is 0 Å². The first-order valence-electron chi connectivity index (χ1n) is 8.18. The Morgan fingerprint density at radius 2 is 2.00 bits per heavy atom. The molecule has 6 heteroatoms. The summed E-state index contributed by atoms with van der Waals surface area (Å²) in [6.45, 7) is 2.41. The van der Waals surface area contributed by atoms with Crippen LogP contribution in [0.4, 0.5) is 10.6 Å². The average molecular weight is 326 g/mol. The number of pyridine rings is 1. The standard InChI is InChI=1S/C18H22N4O2/c23-18(21-10-9-20-17-7-3-4-8-19-17)22-12-14-11-15-5-1-2-6-16(15)24-13-14/h1-8,14H,9-13H2,(H,19,20)(H2,21,22,23)/t14-/m0/s1. The van der Waals surface area contributed by atoms with E-state index in [2.05, 4.69) is 27.0 Å². The Balaban J connectivity index is 1.32. The Hall–Kier alpha value is -2.76. The smallest absolute Gasteiger partial charge is 0.314 e. The third-order valence-corrected chi connectivity index (χ3v) is 3.89. The van der Waals surface area contributed by atoms with Crippen LogP contribution in [0.2, 0.25) is 0 Å². The molecule has 0 fully saturated rings. The van der Waals surface area contributed by atoms with Crippen molar-refractivity contribution in [2.45, 2.75) is 6.42 Å². The van der Waals surface area contributed by atoms with Crippen LogP contribution in [0, 0.1) is 5.92 Å². The van der Waals surface area contributed by atoms with Crippen molar-refractivity contribution in [2.24, 2.45) is 5.92 Å². The zero-order chi connectivity index (χ0) is 16.6. The van der Waals surface area contributed by atoms with Crippen LogP contribution in [0.3, 0.4) is 0 Å². The number of hydrogen-bond acceptors (Lipinski definition) is 4. The number of amides is 2. The van der Waals surface area contributed by atoms with Gasteiger partial charge in [0, 0.05) is 31.7 Å². The monoisotopic (exact) mass is 326 g/mol. The molecule has 3 N–H and O–H groups in total. The highest BCUT2D eigenvalue weighted by Crippen LogP contribution is 2.26. The van der Waals surface area contributed by atoms with E-state index in [0.29, 0.717) is 32.2 Å². The van der Waals surface area contributed by atoms with Crippen molar-refractivity contribution < 1.29 is 9.53 Å². The molecule has 1 aromatic heterocycles. The number of benzene rings is 1. The van der Waals surface area contributed by atoms with Crippen LogP contribution in [0.15, 0.2) is 48.7 Å². The van der Waals surface area contributed by atoms with E-state index >= 15 is 0 Å². The van der Waals surface area contributed by atoms with Crippen LogP contribution in [0.1, 0.15) is 5.56 Å². The van der Waals surface area contributed by atoms with Gasteiger partial charge < -0.3 is 20.7 Å². The van der Waals surface area contributed by atoms with Gasteiger partial charge >= 0.3 is 6.03 Å². The number of carbonyl (C=O) groups excluding carboxylic acids is 1. The first-order chi connectivity index (χ1) is 11.8. The fourth-order valence-corrected chi connectivity index (χ4v) is 2.66. The van der Waals surface area contributed by atoms with Gasteiger partial charge in [0.15, 0.2) is 0 Å². The zero-order valence-corrected chi connectivity index (χ0v) is 13.5. The van der Waals surface area contributed by atoms with E-state index in [1.807, 2.05) is 36.4 Å². The Bertz CT molecular complexity index is 663. The summed E-state index contributed by atoms with van der Waals surface area (Å²) in [5, 5.41) is 8.88. The van der Waals surface area contributed by atoms with Gasteiger partial charge in [-0.25, -0.2) is 9.78 Å². The average Bonchev–Trinajstić information content (AvgIpc) is 2.64. The largest absolute Gasteiger partial charge is 0.493 e. The molecule has 1 aromatic carbocycles. The Labute approximate surface area is 141 Å². The normalized spacial score (nSPS) is 15.8. The second-order valence-corrected chi connectivity index (χ2v) is 5.77. The van der Waals surface area contributed by atoms with Crippen LogP contribution >= 0.6 is 0 Å². The molecule has 1 atom stereocenters. The van der Waals surface area contributed by atoms with Crippen molar-refractivity contribution >= 4 is 11.8 Å². The predicted octanol–water partition coefficient (Wildman–Crippen LogP) is 2.04. The summed E-state index contributed by atoms with van der Waals surface area (Å²) >= 11 is 0. The number of ether oxygens (including phenoxy) is 1. The molecule has 0 bridgehead atoms. The van der Waals surface area contributed by atoms with Gasteiger partial charge in [0.05, 0.1) is 6.61 Å². The fraction of sp³-hybridized carbons (Fsp3) is 0.333.